The number of nitrogens with one attached hydrogen (secondary N) is 1. The van der Waals surface area contributed by atoms with Crippen molar-refractivity contribution in [2.24, 2.45) is 0 Å². The molecular formula is C14H17NO3. The first kappa shape index (κ1) is 11.4. The Balaban J connectivity index is 1.95. The van der Waals surface area contributed by atoms with Gasteiger partial charge in [0.15, 0.2) is 11.5 Å². The average Bonchev–Trinajstić information content (AvgIpc) is 2.62. The van der Waals surface area contributed by atoms with Crippen LogP contribution in [0.15, 0.2) is 18.2 Å². The van der Waals surface area contributed by atoms with E-state index in [4.69, 9.17) is 9.47 Å². The van der Waals surface area contributed by atoms with Crippen LogP contribution in [0.25, 0.3) is 0 Å². The Morgan fingerprint density at radius 2 is 1.94 bits per heavy atom. The van der Waals surface area contributed by atoms with Gasteiger partial charge in [-0.05, 0) is 31.5 Å². The average molecular weight is 247 g/mol. The summed E-state index contributed by atoms with van der Waals surface area (Å²) in [6, 6.07) is 5.96. The summed E-state index contributed by atoms with van der Waals surface area (Å²) in [7, 11) is 0. The Hall–Kier alpha value is -1.71. The standard InChI is InChI=1S/C14H17NO3/c1-14(2)10(8-13(16)15-14)9-3-4-11-12(7-9)18-6-5-17-11/h3-4,7,10H,5-6,8H2,1-2H3,(H,15,16). The molecule has 1 aromatic rings. The van der Waals surface area contributed by atoms with E-state index in [-0.39, 0.29) is 17.4 Å². The van der Waals surface area contributed by atoms with Crippen molar-refractivity contribution >= 4 is 5.91 Å². The predicted molar refractivity (Wildman–Crippen MR) is 67.0 cm³/mol. The van der Waals surface area contributed by atoms with Crippen molar-refractivity contribution in [3.8, 4) is 11.5 Å². The van der Waals surface area contributed by atoms with Crippen molar-refractivity contribution in [2.75, 3.05) is 13.2 Å². The number of fused-ring (bicyclic) bond motifs is 1. The van der Waals surface area contributed by atoms with Gasteiger partial charge in [0.05, 0.1) is 0 Å². The fraction of sp³-hybridized carbons (Fsp3) is 0.500. The molecule has 0 bridgehead atoms. The molecule has 1 N–H and O–H groups in total. The highest BCUT2D eigenvalue weighted by Gasteiger charge is 2.40. The van der Waals surface area contributed by atoms with E-state index in [2.05, 4.69) is 19.2 Å². The number of carbonyl (C=O) groups excluding carboxylic acids is 1. The van der Waals surface area contributed by atoms with E-state index >= 15 is 0 Å². The summed E-state index contributed by atoms with van der Waals surface area (Å²) >= 11 is 0. The number of hydrogen-bond acceptors (Lipinski definition) is 3. The molecule has 4 heteroatoms. The van der Waals surface area contributed by atoms with Crippen LogP contribution in [0.2, 0.25) is 0 Å². The lowest BCUT2D eigenvalue weighted by Gasteiger charge is -2.28. The third-order valence-electron chi connectivity index (χ3n) is 3.69. The van der Waals surface area contributed by atoms with Crippen LogP contribution in [0, 0.1) is 0 Å². The van der Waals surface area contributed by atoms with Gasteiger partial charge in [-0.2, -0.15) is 0 Å². The molecule has 0 aromatic heterocycles. The van der Waals surface area contributed by atoms with Crippen LogP contribution in [-0.4, -0.2) is 24.7 Å². The molecule has 0 aliphatic carbocycles. The third-order valence-corrected chi connectivity index (χ3v) is 3.69. The predicted octanol–water partition coefficient (Wildman–Crippen LogP) is 1.84. The monoisotopic (exact) mass is 247 g/mol. The first-order chi connectivity index (χ1) is 8.56. The summed E-state index contributed by atoms with van der Waals surface area (Å²) in [5.74, 6) is 1.87. The zero-order valence-corrected chi connectivity index (χ0v) is 10.7. The number of ether oxygens (including phenoxy) is 2. The highest BCUT2D eigenvalue weighted by Crippen LogP contribution is 2.40. The number of rotatable bonds is 1. The molecule has 96 valence electrons. The number of benzene rings is 1. The van der Waals surface area contributed by atoms with Gasteiger partial charge >= 0.3 is 0 Å². The quantitative estimate of drug-likeness (QED) is 0.823. The zero-order chi connectivity index (χ0) is 12.8. The van der Waals surface area contributed by atoms with Crippen molar-refractivity contribution in [3.63, 3.8) is 0 Å². The van der Waals surface area contributed by atoms with Gasteiger partial charge in [0.2, 0.25) is 5.91 Å². The topological polar surface area (TPSA) is 47.6 Å². The molecule has 18 heavy (non-hydrogen) atoms. The summed E-state index contributed by atoms with van der Waals surface area (Å²) in [4.78, 5) is 11.6. The summed E-state index contributed by atoms with van der Waals surface area (Å²) in [5.41, 5.74) is 0.920. The molecule has 0 saturated carbocycles. The molecule has 1 aromatic carbocycles. The summed E-state index contributed by atoms with van der Waals surface area (Å²) in [6.07, 6.45) is 0.534. The normalized spacial score (nSPS) is 24.8. The van der Waals surface area contributed by atoms with E-state index in [0.29, 0.717) is 19.6 Å². The zero-order valence-electron chi connectivity index (χ0n) is 10.7. The van der Waals surface area contributed by atoms with E-state index in [1.54, 1.807) is 0 Å². The fourth-order valence-electron chi connectivity index (χ4n) is 2.75. The van der Waals surface area contributed by atoms with Crippen molar-refractivity contribution in [3.05, 3.63) is 23.8 Å². The summed E-state index contributed by atoms with van der Waals surface area (Å²) in [5, 5.41) is 3.01. The molecule has 3 rings (SSSR count). The van der Waals surface area contributed by atoms with Gasteiger partial charge in [0.1, 0.15) is 13.2 Å². The largest absolute Gasteiger partial charge is 0.486 e. The van der Waals surface area contributed by atoms with E-state index in [9.17, 15) is 4.79 Å². The number of carbonyl (C=O) groups is 1. The minimum atomic E-state index is -0.207. The van der Waals surface area contributed by atoms with Gasteiger partial charge in [-0.3, -0.25) is 4.79 Å². The van der Waals surface area contributed by atoms with Crippen LogP contribution < -0.4 is 14.8 Å². The molecule has 1 saturated heterocycles. The minimum Gasteiger partial charge on any atom is -0.486 e. The van der Waals surface area contributed by atoms with Gasteiger partial charge in [0, 0.05) is 17.9 Å². The second-order valence-corrected chi connectivity index (χ2v) is 5.43. The fourth-order valence-corrected chi connectivity index (χ4v) is 2.75. The van der Waals surface area contributed by atoms with Crippen LogP contribution in [0.5, 0.6) is 11.5 Å². The van der Waals surface area contributed by atoms with Crippen LogP contribution in [0.4, 0.5) is 0 Å². The van der Waals surface area contributed by atoms with Gasteiger partial charge < -0.3 is 14.8 Å². The van der Waals surface area contributed by atoms with Gasteiger partial charge in [-0.25, -0.2) is 0 Å². The van der Waals surface area contributed by atoms with Crippen LogP contribution in [0.3, 0.4) is 0 Å². The maximum absolute atomic E-state index is 11.6. The first-order valence-electron chi connectivity index (χ1n) is 6.27. The lowest BCUT2D eigenvalue weighted by molar-refractivity contribution is -0.119. The second-order valence-electron chi connectivity index (χ2n) is 5.43. The SMILES string of the molecule is CC1(C)NC(=O)CC1c1ccc2c(c1)OCCO2. The molecule has 1 amide bonds. The smallest absolute Gasteiger partial charge is 0.221 e. The molecule has 4 nitrogen and oxygen atoms in total. The first-order valence-corrected chi connectivity index (χ1v) is 6.27. The number of amides is 1. The Morgan fingerprint density at radius 1 is 1.22 bits per heavy atom. The van der Waals surface area contributed by atoms with E-state index < -0.39 is 0 Å². The van der Waals surface area contributed by atoms with Gasteiger partial charge in [-0.1, -0.05) is 6.07 Å². The maximum atomic E-state index is 11.6. The highest BCUT2D eigenvalue weighted by molar-refractivity contribution is 5.81. The molecule has 2 aliphatic heterocycles. The molecule has 1 fully saturated rings. The molecule has 1 unspecified atom stereocenters. The molecular weight excluding hydrogens is 230 g/mol. The van der Waals surface area contributed by atoms with Crippen LogP contribution in [0.1, 0.15) is 31.7 Å². The molecule has 1 atom stereocenters. The van der Waals surface area contributed by atoms with Crippen molar-refractivity contribution in [1.82, 2.24) is 5.32 Å². The van der Waals surface area contributed by atoms with Gasteiger partial charge in [0.25, 0.3) is 0 Å². The lowest BCUT2D eigenvalue weighted by atomic mass is 9.83. The highest BCUT2D eigenvalue weighted by atomic mass is 16.6. The van der Waals surface area contributed by atoms with Gasteiger partial charge in [-0.15, -0.1) is 0 Å². The van der Waals surface area contributed by atoms with E-state index in [1.807, 2.05) is 18.2 Å². The van der Waals surface area contributed by atoms with Crippen molar-refractivity contribution in [1.29, 1.82) is 0 Å². The van der Waals surface area contributed by atoms with E-state index in [0.717, 1.165) is 17.1 Å². The van der Waals surface area contributed by atoms with E-state index in [1.165, 1.54) is 0 Å². The molecule has 2 aliphatic rings. The third kappa shape index (κ3) is 1.82. The molecule has 0 radical (unpaired) electrons. The second kappa shape index (κ2) is 3.90. The molecule has 2 heterocycles. The Bertz CT molecular complexity index is 496. The summed E-state index contributed by atoms with van der Waals surface area (Å²) in [6.45, 7) is 5.29. The Morgan fingerprint density at radius 3 is 2.61 bits per heavy atom. The van der Waals surface area contributed by atoms with Crippen molar-refractivity contribution in [2.45, 2.75) is 31.7 Å². The van der Waals surface area contributed by atoms with Crippen LogP contribution >= 0.6 is 0 Å². The molecule has 0 spiro atoms. The number of hydrogen-bond donors (Lipinski definition) is 1. The van der Waals surface area contributed by atoms with Crippen molar-refractivity contribution < 1.29 is 14.3 Å². The van der Waals surface area contributed by atoms with Crippen LogP contribution in [-0.2, 0) is 4.79 Å². The Kier molecular flexibility index (Phi) is 2.47. The Labute approximate surface area is 106 Å². The minimum absolute atomic E-state index is 0.111. The lowest BCUT2D eigenvalue weighted by Crippen LogP contribution is -2.38. The summed E-state index contributed by atoms with van der Waals surface area (Å²) < 4.78 is 11.1. The maximum Gasteiger partial charge on any atom is 0.221 e.